The summed E-state index contributed by atoms with van der Waals surface area (Å²) in [5.41, 5.74) is 6.19. The lowest BCUT2D eigenvalue weighted by Crippen LogP contribution is -2.37. The largest absolute Gasteiger partial charge is 0.508 e. The number of aliphatic hydroxyl groups is 1. The van der Waals surface area contributed by atoms with E-state index in [0.29, 0.717) is 5.69 Å². The van der Waals surface area contributed by atoms with E-state index in [0.717, 1.165) is 0 Å². The predicted molar refractivity (Wildman–Crippen MR) is 61.2 cm³/mol. The lowest BCUT2D eigenvalue weighted by atomic mass is 10.1. The zero-order valence-corrected chi connectivity index (χ0v) is 9.34. The molecule has 0 saturated carbocycles. The smallest absolute Gasteiger partial charge is 0.256 e. The molecule has 1 amide bonds. The minimum atomic E-state index is -0.324. The number of aromatic hydroxyl groups is 1. The fourth-order valence-corrected chi connectivity index (χ4v) is 1.24. The van der Waals surface area contributed by atoms with E-state index in [-0.39, 0.29) is 29.9 Å². The van der Waals surface area contributed by atoms with Crippen molar-refractivity contribution in [1.82, 2.24) is 4.90 Å². The van der Waals surface area contributed by atoms with Crippen LogP contribution in [0.3, 0.4) is 0 Å². The normalized spacial score (nSPS) is 12.2. The average Bonchev–Trinajstić information content (AvgIpc) is 2.29. The summed E-state index contributed by atoms with van der Waals surface area (Å²) in [6, 6.07) is 3.91. The number of carbonyl (C=O) groups excluding carboxylic acids is 1. The van der Waals surface area contributed by atoms with E-state index in [1.165, 1.54) is 23.1 Å². The number of hydrogen-bond donors (Lipinski definition) is 3. The SMILES string of the molecule is CC(CO)N(C)C(=O)c1cc(O)ccc1N. The van der Waals surface area contributed by atoms with Gasteiger partial charge in [0, 0.05) is 12.7 Å². The summed E-state index contributed by atoms with van der Waals surface area (Å²) in [7, 11) is 1.58. The molecular weight excluding hydrogens is 208 g/mol. The zero-order valence-electron chi connectivity index (χ0n) is 9.34. The van der Waals surface area contributed by atoms with Crippen LogP contribution >= 0.6 is 0 Å². The number of carbonyl (C=O) groups is 1. The molecule has 0 aliphatic rings. The van der Waals surface area contributed by atoms with Gasteiger partial charge in [0.25, 0.3) is 5.91 Å². The molecule has 0 fully saturated rings. The second-order valence-corrected chi connectivity index (χ2v) is 3.72. The molecule has 0 aromatic heterocycles. The van der Waals surface area contributed by atoms with Crippen molar-refractivity contribution in [2.24, 2.45) is 0 Å². The Morgan fingerprint density at radius 1 is 1.56 bits per heavy atom. The molecule has 88 valence electrons. The van der Waals surface area contributed by atoms with Crippen LogP contribution in [-0.4, -0.2) is 40.7 Å². The molecule has 0 heterocycles. The van der Waals surface area contributed by atoms with E-state index >= 15 is 0 Å². The van der Waals surface area contributed by atoms with Crippen LogP contribution in [0.4, 0.5) is 5.69 Å². The number of aliphatic hydroxyl groups excluding tert-OH is 1. The standard InChI is InChI=1S/C11H16N2O3/c1-7(6-14)13(2)11(16)9-5-8(15)3-4-10(9)12/h3-5,7,14-15H,6,12H2,1-2H3. The van der Waals surface area contributed by atoms with Crippen LogP contribution in [0.1, 0.15) is 17.3 Å². The van der Waals surface area contributed by atoms with Crippen LogP contribution in [0.15, 0.2) is 18.2 Å². The van der Waals surface area contributed by atoms with Crippen molar-refractivity contribution >= 4 is 11.6 Å². The van der Waals surface area contributed by atoms with Gasteiger partial charge in [0.2, 0.25) is 0 Å². The van der Waals surface area contributed by atoms with Crippen molar-refractivity contribution in [2.45, 2.75) is 13.0 Å². The average molecular weight is 224 g/mol. The van der Waals surface area contributed by atoms with Gasteiger partial charge in [-0.3, -0.25) is 4.79 Å². The number of phenols is 1. The Hall–Kier alpha value is -1.75. The van der Waals surface area contributed by atoms with Crippen LogP contribution in [-0.2, 0) is 0 Å². The van der Waals surface area contributed by atoms with Crippen LogP contribution in [0.2, 0.25) is 0 Å². The highest BCUT2D eigenvalue weighted by Gasteiger charge is 2.19. The molecule has 1 aromatic carbocycles. The maximum atomic E-state index is 11.9. The number of likely N-dealkylation sites (N-methyl/N-ethyl adjacent to an activating group) is 1. The highest BCUT2D eigenvalue weighted by atomic mass is 16.3. The number of nitrogens with zero attached hydrogens (tertiary/aromatic N) is 1. The number of anilines is 1. The van der Waals surface area contributed by atoms with Gasteiger partial charge in [-0.15, -0.1) is 0 Å². The number of benzene rings is 1. The minimum Gasteiger partial charge on any atom is -0.508 e. The van der Waals surface area contributed by atoms with Gasteiger partial charge in [-0.05, 0) is 25.1 Å². The van der Waals surface area contributed by atoms with Gasteiger partial charge < -0.3 is 20.8 Å². The van der Waals surface area contributed by atoms with Gasteiger partial charge in [0.1, 0.15) is 5.75 Å². The number of nitrogens with two attached hydrogens (primary N) is 1. The quantitative estimate of drug-likeness (QED) is 0.513. The molecule has 5 nitrogen and oxygen atoms in total. The van der Waals surface area contributed by atoms with E-state index in [1.54, 1.807) is 14.0 Å². The van der Waals surface area contributed by atoms with Crippen molar-refractivity contribution in [3.8, 4) is 5.75 Å². The van der Waals surface area contributed by atoms with Gasteiger partial charge in [-0.25, -0.2) is 0 Å². The third kappa shape index (κ3) is 2.43. The summed E-state index contributed by atoms with van der Waals surface area (Å²) in [6.07, 6.45) is 0. The van der Waals surface area contributed by atoms with Gasteiger partial charge in [0.15, 0.2) is 0 Å². The van der Waals surface area contributed by atoms with Gasteiger partial charge in [-0.1, -0.05) is 0 Å². The van der Waals surface area contributed by atoms with E-state index in [2.05, 4.69) is 0 Å². The number of hydrogen-bond acceptors (Lipinski definition) is 4. The second kappa shape index (κ2) is 4.85. The topological polar surface area (TPSA) is 86.8 Å². The Labute approximate surface area is 94.1 Å². The van der Waals surface area contributed by atoms with Crippen LogP contribution in [0.5, 0.6) is 5.75 Å². The summed E-state index contributed by atoms with van der Waals surface area (Å²) in [5.74, 6) is -0.336. The van der Waals surface area contributed by atoms with Crippen molar-refractivity contribution in [2.75, 3.05) is 19.4 Å². The summed E-state index contributed by atoms with van der Waals surface area (Å²) in [6.45, 7) is 1.60. The lowest BCUT2D eigenvalue weighted by Gasteiger charge is -2.23. The maximum Gasteiger partial charge on any atom is 0.256 e. The number of rotatable bonds is 3. The number of amides is 1. The van der Waals surface area contributed by atoms with E-state index < -0.39 is 0 Å². The molecule has 1 atom stereocenters. The Kier molecular flexibility index (Phi) is 3.73. The molecule has 1 aromatic rings. The predicted octanol–water partition coefficient (Wildman–Crippen LogP) is 0.427. The molecule has 1 unspecified atom stereocenters. The van der Waals surface area contributed by atoms with Crippen molar-refractivity contribution < 1.29 is 15.0 Å². The fraction of sp³-hybridized carbons (Fsp3) is 0.364. The first kappa shape index (κ1) is 12.3. The molecular formula is C11H16N2O3. The summed E-state index contributed by atoms with van der Waals surface area (Å²) in [4.78, 5) is 13.3. The third-order valence-electron chi connectivity index (χ3n) is 2.51. The number of nitrogen functional groups attached to an aromatic ring is 1. The summed E-state index contributed by atoms with van der Waals surface area (Å²) in [5, 5.41) is 18.2. The van der Waals surface area contributed by atoms with Crippen LogP contribution < -0.4 is 5.73 Å². The molecule has 0 aliphatic heterocycles. The molecule has 0 aliphatic carbocycles. The Bertz CT molecular complexity index is 393. The molecule has 0 saturated heterocycles. The third-order valence-corrected chi connectivity index (χ3v) is 2.51. The molecule has 0 spiro atoms. The Morgan fingerprint density at radius 2 is 2.19 bits per heavy atom. The minimum absolute atomic E-state index is 0.0115. The lowest BCUT2D eigenvalue weighted by molar-refractivity contribution is 0.0683. The molecule has 4 N–H and O–H groups in total. The highest BCUT2D eigenvalue weighted by molar-refractivity contribution is 5.99. The molecule has 0 radical (unpaired) electrons. The van der Waals surface area contributed by atoms with Crippen molar-refractivity contribution in [3.05, 3.63) is 23.8 Å². The van der Waals surface area contributed by atoms with E-state index in [9.17, 15) is 9.90 Å². The monoisotopic (exact) mass is 224 g/mol. The van der Waals surface area contributed by atoms with Crippen molar-refractivity contribution in [3.63, 3.8) is 0 Å². The van der Waals surface area contributed by atoms with Gasteiger partial charge in [-0.2, -0.15) is 0 Å². The first-order chi connectivity index (χ1) is 7.47. The summed E-state index contributed by atoms with van der Waals surface area (Å²) >= 11 is 0. The van der Waals surface area contributed by atoms with Gasteiger partial charge in [0.05, 0.1) is 18.2 Å². The van der Waals surface area contributed by atoms with Crippen LogP contribution in [0.25, 0.3) is 0 Å². The number of phenolic OH excluding ortho intramolecular Hbond substituents is 1. The summed E-state index contributed by atoms with van der Waals surface area (Å²) < 4.78 is 0. The highest BCUT2D eigenvalue weighted by Crippen LogP contribution is 2.20. The van der Waals surface area contributed by atoms with Crippen molar-refractivity contribution in [1.29, 1.82) is 0 Å². The molecule has 1 rings (SSSR count). The first-order valence-electron chi connectivity index (χ1n) is 4.94. The second-order valence-electron chi connectivity index (χ2n) is 3.72. The van der Waals surface area contributed by atoms with Gasteiger partial charge >= 0.3 is 0 Å². The zero-order chi connectivity index (χ0) is 12.3. The van der Waals surface area contributed by atoms with E-state index in [1.807, 2.05) is 0 Å². The maximum absolute atomic E-state index is 11.9. The molecule has 5 heteroatoms. The molecule has 16 heavy (non-hydrogen) atoms. The Balaban J connectivity index is 3.00. The Morgan fingerprint density at radius 3 is 2.75 bits per heavy atom. The fourth-order valence-electron chi connectivity index (χ4n) is 1.24. The van der Waals surface area contributed by atoms with Crippen LogP contribution in [0, 0.1) is 0 Å². The molecule has 0 bridgehead atoms. The first-order valence-corrected chi connectivity index (χ1v) is 4.94. The van der Waals surface area contributed by atoms with E-state index in [4.69, 9.17) is 10.8 Å².